The Labute approximate surface area is 79.3 Å². The fourth-order valence-electron chi connectivity index (χ4n) is 2.63. The highest BCUT2D eigenvalue weighted by Gasteiger charge is 2.63. The Balaban J connectivity index is 2.19. The largest absolute Gasteiger partial charge is 0.298 e. The number of ketones is 1. The van der Waals surface area contributed by atoms with Crippen molar-refractivity contribution in [1.29, 1.82) is 0 Å². The second-order valence-electron chi connectivity index (χ2n) is 5.14. The van der Waals surface area contributed by atoms with Crippen molar-refractivity contribution >= 4 is 18.4 Å². The Bertz CT molecular complexity index is 242. The summed E-state index contributed by atoms with van der Waals surface area (Å²) in [5, 5.41) is 0. The number of hydrogen-bond acceptors (Lipinski definition) is 2. The topological polar surface area (TPSA) is 17.1 Å². The first kappa shape index (κ1) is 8.61. The van der Waals surface area contributed by atoms with E-state index in [0.29, 0.717) is 17.1 Å². The Hall–Kier alpha value is 0.0200. The third-order valence-corrected chi connectivity index (χ3v) is 4.34. The van der Waals surface area contributed by atoms with Gasteiger partial charge in [0.2, 0.25) is 0 Å². The number of Topliss-reactive ketones (excluding diaryl/α,β-unsaturated/α-hetero) is 1. The van der Waals surface area contributed by atoms with Crippen LogP contribution in [0, 0.1) is 17.3 Å². The van der Waals surface area contributed by atoms with Gasteiger partial charge in [-0.3, -0.25) is 4.79 Å². The molecule has 2 aliphatic rings. The maximum atomic E-state index is 11.6. The molecular formula is C10H16OS. The minimum Gasteiger partial charge on any atom is -0.298 e. The molecule has 0 radical (unpaired) electrons. The van der Waals surface area contributed by atoms with E-state index in [1.54, 1.807) is 0 Å². The predicted molar refractivity (Wildman–Crippen MR) is 52.4 cm³/mol. The smallest absolute Gasteiger partial charge is 0.148 e. The summed E-state index contributed by atoms with van der Waals surface area (Å²) in [5.74, 6) is 1.75. The fourth-order valence-corrected chi connectivity index (χ4v) is 2.92. The quantitative estimate of drug-likeness (QED) is 0.572. The van der Waals surface area contributed by atoms with Crippen LogP contribution in [0.5, 0.6) is 0 Å². The zero-order chi connectivity index (χ0) is 9.15. The monoisotopic (exact) mass is 184 g/mol. The van der Waals surface area contributed by atoms with E-state index in [4.69, 9.17) is 0 Å². The lowest BCUT2D eigenvalue weighted by molar-refractivity contribution is -0.122. The summed E-state index contributed by atoms with van der Waals surface area (Å²) in [6, 6.07) is 0. The molecule has 2 aliphatic carbocycles. The Morgan fingerprint density at radius 3 is 2.42 bits per heavy atom. The highest BCUT2D eigenvalue weighted by atomic mass is 32.1. The van der Waals surface area contributed by atoms with Crippen molar-refractivity contribution in [2.75, 3.05) is 0 Å². The standard InChI is InChI=1S/C10H16OS/c1-9(2)6-4-8(11)10(3,12)5-7(6)9/h6-7,12H,4-5H2,1-3H3/t6-,7+,10+/m1/s1. The van der Waals surface area contributed by atoms with Gasteiger partial charge in [-0.2, -0.15) is 12.6 Å². The predicted octanol–water partition coefficient (Wildman–Crippen LogP) is 2.31. The highest BCUT2D eigenvalue weighted by molar-refractivity contribution is 7.82. The van der Waals surface area contributed by atoms with Gasteiger partial charge in [-0.15, -0.1) is 0 Å². The molecule has 3 atom stereocenters. The Morgan fingerprint density at radius 2 is 1.92 bits per heavy atom. The lowest BCUT2D eigenvalue weighted by atomic mass is 9.89. The molecular weight excluding hydrogens is 168 g/mol. The van der Waals surface area contributed by atoms with Crippen LogP contribution in [0.4, 0.5) is 0 Å². The van der Waals surface area contributed by atoms with E-state index in [9.17, 15) is 4.79 Å². The third kappa shape index (κ3) is 0.968. The summed E-state index contributed by atoms with van der Waals surface area (Å²) in [7, 11) is 0. The average Bonchev–Trinajstić information content (AvgIpc) is 2.37. The van der Waals surface area contributed by atoms with Gasteiger partial charge in [-0.1, -0.05) is 13.8 Å². The Morgan fingerprint density at radius 1 is 1.33 bits per heavy atom. The van der Waals surface area contributed by atoms with Gasteiger partial charge in [0.05, 0.1) is 4.75 Å². The fraction of sp³-hybridized carbons (Fsp3) is 0.900. The van der Waals surface area contributed by atoms with Crippen molar-refractivity contribution in [1.82, 2.24) is 0 Å². The summed E-state index contributed by atoms with van der Waals surface area (Å²) in [6.45, 7) is 6.50. The molecule has 0 bridgehead atoms. The Kier molecular flexibility index (Phi) is 1.50. The molecule has 0 heterocycles. The van der Waals surface area contributed by atoms with Crippen LogP contribution in [0.2, 0.25) is 0 Å². The summed E-state index contributed by atoms with van der Waals surface area (Å²) in [4.78, 5) is 11.6. The second kappa shape index (κ2) is 2.09. The van der Waals surface area contributed by atoms with Gasteiger partial charge in [0.15, 0.2) is 0 Å². The van der Waals surface area contributed by atoms with Crippen molar-refractivity contribution in [3.63, 3.8) is 0 Å². The summed E-state index contributed by atoms with van der Waals surface area (Å²) in [5.41, 5.74) is 0.413. The van der Waals surface area contributed by atoms with Crippen LogP contribution in [0.15, 0.2) is 0 Å². The van der Waals surface area contributed by atoms with Gasteiger partial charge in [-0.25, -0.2) is 0 Å². The number of hydrogen-bond donors (Lipinski definition) is 1. The van der Waals surface area contributed by atoms with Crippen LogP contribution in [-0.4, -0.2) is 10.5 Å². The zero-order valence-electron chi connectivity index (χ0n) is 7.92. The molecule has 2 rings (SSSR count). The van der Waals surface area contributed by atoms with Crippen LogP contribution in [0.1, 0.15) is 33.6 Å². The van der Waals surface area contributed by atoms with Crippen LogP contribution in [-0.2, 0) is 4.79 Å². The van der Waals surface area contributed by atoms with Crippen molar-refractivity contribution in [3.05, 3.63) is 0 Å². The molecule has 0 aromatic heterocycles. The average molecular weight is 184 g/mol. The van der Waals surface area contributed by atoms with E-state index in [2.05, 4.69) is 26.5 Å². The van der Waals surface area contributed by atoms with Gasteiger partial charge >= 0.3 is 0 Å². The molecule has 2 saturated carbocycles. The molecule has 68 valence electrons. The molecule has 0 aromatic carbocycles. The molecule has 0 amide bonds. The van der Waals surface area contributed by atoms with Crippen LogP contribution in [0.3, 0.4) is 0 Å². The first-order chi connectivity index (χ1) is 5.36. The molecule has 0 aliphatic heterocycles. The number of carbonyl (C=O) groups excluding carboxylic acids is 1. The third-order valence-electron chi connectivity index (χ3n) is 3.91. The number of carbonyl (C=O) groups is 1. The van der Waals surface area contributed by atoms with E-state index in [-0.39, 0.29) is 4.75 Å². The lowest BCUT2D eigenvalue weighted by Gasteiger charge is -2.25. The number of thiol groups is 1. The van der Waals surface area contributed by atoms with Gasteiger partial charge in [0.25, 0.3) is 0 Å². The first-order valence-corrected chi connectivity index (χ1v) is 5.06. The van der Waals surface area contributed by atoms with Crippen molar-refractivity contribution < 1.29 is 4.79 Å². The molecule has 0 N–H and O–H groups in total. The highest BCUT2D eigenvalue weighted by Crippen LogP contribution is 2.66. The maximum Gasteiger partial charge on any atom is 0.148 e. The van der Waals surface area contributed by atoms with Crippen molar-refractivity contribution in [3.8, 4) is 0 Å². The van der Waals surface area contributed by atoms with E-state index >= 15 is 0 Å². The molecule has 0 spiro atoms. The van der Waals surface area contributed by atoms with E-state index in [1.807, 2.05) is 6.92 Å². The van der Waals surface area contributed by atoms with E-state index in [0.717, 1.165) is 18.8 Å². The van der Waals surface area contributed by atoms with E-state index < -0.39 is 0 Å². The van der Waals surface area contributed by atoms with Crippen LogP contribution >= 0.6 is 12.6 Å². The van der Waals surface area contributed by atoms with Gasteiger partial charge in [0.1, 0.15) is 5.78 Å². The first-order valence-electron chi connectivity index (χ1n) is 4.61. The number of fused-ring (bicyclic) bond motifs is 1. The normalized spacial score (nSPS) is 50.2. The molecule has 2 fully saturated rings. The minimum absolute atomic E-state index is 0.338. The molecule has 0 aromatic rings. The summed E-state index contributed by atoms with van der Waals surface area (Å²) in [6.07, 6.45) is 1.74. The summed E-state index contributed by atoms with van der Waals surface area (Å²) < 4.78 is -0.338. The lowest BCUT2D eigenvalue weighted by Crippen LogP contribution is -2.33. The number of rotatable bonds is 0. The molecule has 1 nitrogen and oxygen atoms in total. The van der Waals surface area contributed by atoms with E-state index in [1.165, 1.54) is 0 Å². The molecule has 2 heteroatoms. The van der Waals surface area contributed by atoms with Crippen LogP contribution < -0.4 is 0 Å². The van der Waals surface area contributed by atoms with Gasteiger partial charge < -0.3 is 0 Å². The zero-order valence-corrected chi connectivity index (χ0v) is 8.82. The maximum absolute atomic E-state index is 11.6. The summed E-state index contributed by atoms with van der Waals surface area (Å²) >= 11 is 4.43. The van der Waals surface area contributed by atoms with Crippen LogP contribution in [0.25, 0.3) is 0 Å². The molecule has 12 heavy (non-hydrogen) atoms. The second-order valence-corrected chi connectivity index (χ2v) is 6.13. The minimum atomic E-state index is -0.338. The molecule has 0 unspecified atom stereocenters. The molecule has 0 saturated heterocycles. The van der Waals surface area contributed by atoms with Gasteiger partial charge in [-0.05, 0) is 30.6 Å². The SMILES string of the molecule is CC1(C)[C@@H]2CC(=O)[C@@](C)(S)C[C@@H]21. The van der Waals surface area contributed by atoms with Crippen molar-refractivity contribution in [2.45, 2.75) is 38.4 Å². The van der Waals surface area contributed by atoms with Crippen molar-refractivity contribution in [2.24, 2.45) is 17.3 Å². The van der Waals surface area contributed by atoms with Gasteiger partial charge in [0, 0.05) is 6.42 Å².